The van der Waals surface area contributed by atoms with Crippen molar-refractivity contribution in [2.45, 2.75) is 24.0 Å². The molecule has 0 fully saturated rings. The zero-order valence-corrected chi connectivity index (χ0v) is 11.6. The summed E-state index contributed by atoms with van der Waals surface area (Å²) in [6.07, 6.45) is 0.961. The molecule has 0 bridgehead atoms. The fourth-order valence-corrected chi connectivity index (χ4v) is 2.63. The molecule has 0 radical (unpaired) electrons. The summed E-state index contributed by atoms with van der Waals surface area (Å²) in [6, 6.07) is 6.95. The minimum atomic E-state index is -3.53. The fraction of sp³-hybridized carbons (Fsp3) is 0.364. The molecule has 6 heteroatoms. The number of amides is 1. The molecule has 94 valence electrons. The maximum absolute atomic E-state index is 11.8. The van der Waals surface area contributed by atoms with Gasteiger partial charge in [-0.3, -0.25) is 4.79 Å². The molecule has 1 N–H and O–H groups in total. The molecule has 0 aliphatic rings. The second-order valence-electron chi connectivity index (χ2n) is 3.87. The van der Waals surface area contributed by atoms with E-state index in [0.29, 0.717) is 10.8 Å². The molecule has 1 rings (SSSR count). The average molecular weight is 273 g/mol. The van der Waals surface area contributed by atoms with Gasteiger partial charge in [-0.05, 0) is 12.1 Å². The smallest absolute Gasteiger partial charge is 0.265 e. The zero-order chi connectivity index (χ0) is 13.1. The van der Waals surface area contributed by atoms with Gasteiger partial charge in [-0.15, -0.1) is 11.8 Å². The van der Waals surface area contributed by atoms with Crippen LogP contribution in [0, 0.1) is 0 Å². The molecular weight excluding hydrogens is 258 g/mol. The normalized spacial score (nSPS) is 11.5. The van der Waals surface area contributed by atoms with E-state index in [1.54, 1.807) is 12.1 Å². The summed E-state index contributed by atoms with van der Waals surface area (Å²) < 4.78 is 24.0. The number of hydrogen-bond donors (Lipinski definition) is 1. The first-order valence-corrected chi connectivity index (χ1v) is 7.84. The van der Waals surface area contributed by atoms with Gasteiger partial charge in [0, 0.05) is 10.1 Å². The quantitative estimate of drug-likeness (QED) is 0.851. The Morgan fingerprint density at radius 3 is 2.41 bits per heavy atom. The minimum Gasteiger partial charge on any atom is -0.268 e. The monoisotopic (exact) mass is 273 g/mol. The number of carbonyl (C=O) groups is 1. The van der Waals surface area contributed by atoms with E-state index in [4.69, 9.17) is 0 Å². The number of carbonyl (C=O) groups excluding carboxylic acids is 1. The largest absolute Gasteiger partial charge is 0.268 e. The van der Waals surface area contributed by atoms with Crippen LogP contribution in [0.1, 0.15) is 24.2 Å². The first kappa shape index (κ1) is 14.1. The topological polar surface area (TPSA) is 63.2 Å². The summed E-state index contributed by atoms with van der Waals surface area (Å²) in [5.41, 5.74) is 0.386. The van der Waals surface area contributed by atoms with Crippen molar-refractivity contribution in [2.75, 3.05) is 6.26 Å². The molecule has 0 atom stereocenters. The highest BCUT2D eigenvalue weighted by Gasteiger charge is 2.15. The van der Waals surface area contributed by atoms with Crippen molar-refractivity contribution in [1.29, 1.82) is 0 Å². The highest BCUT2D eigenvalue weighted by atomic mass is 32.2. The van der Waals surface area contributed by atoms with Gasteiger partial charge in [-0.25, -0.2) is 13.1 Å². The Bertz CT molecular complexity index is 509. The Hall–Kier alpha value is -1.01. The number of benzene rings is 1. The third kappa shape index (κ3) is 4.79. The van der Waals surface area contributed by atoms with Gasteiger partial charge in [-0.2, -0.15) is 0 Å². The lowest BCUT2D eigenvalue weighted by molar-refractivity contribution is 0.0979. The van der Waals surface area contributed by atoms with Crippen molar-refractivity contribution < 1.29 is 13.2 Å². The number of thioether (sulfide) groups is 1. The number of hydrogen-bond acceptors (Lipinski definition) is 4. The van der Waals surface area contributed by atoms with E-state index in [2.05, 4.69) is 0 Å². The van der Waals surface area contributed by atoms with E-state index in [1.165, 1.54) is 11.8 Å². The predicted octanol–water partition coefficient (Wildman–Crippen LogP) is 1.88. The Morgan fingerprint density at radius 2 is 1.88 bits per heavy atom. The third-order valence-electron chi connectivity index (χ3n) is 1.77. The van der Waals surface area contributed by atoms with Crippen molar-refractivity contribution >= 4 is 27.7 Å². The highest BCUT2D eigenvalue weighted by Crippen LogP contribution is 2.26. The van der Waals surface area contributed by atoms with Crippen LogP contribution in [0.2, 0.25) is 0 Å². The molecule has 0 spiro atoms. The number of rotatable bonds is 4. The Morgan fingerprint density at radius 1 is 1.29 bits per heavy atom. The summed E-state index contributed by atoms with van der Waals surface area (Å²) in [5, 5.41) is 0.321. The zero-order valence-electron chi connectivity index (χ0n) is 9.93. The molecule has 0 aliphatic carbocycles. The van der Waals surface area contributed by atoms with E-state index in [-0.39, 0.29) is 0 Å². The average Bonchev–Trinajstić information content (AvgIpc) is 2.14. The van der Waals surface area contributed by atoms with Crippen molar-refractivity contribution in [2.24, 2.45) is 0 Å². The summed E-state index contributed by atoms with van der Waals surface area (Å²) >= 11 is 1.52. The Kier molecular flexibility index (Phi) is 4.59. The molecule has 0 aliphatic heterocycles. The molecule has 0 heterocycles. The standard InChI is InChI=1S/C11H15NO3S2/c1-8(2)16-10-7-5-4-6-9(10)11(13)12-17(3,14)15/h4-8H,1-3H3,(H,12,13). The van der Waals surface area contributed by atoms with Gasteiger partial charge in [0.05, 0.1) is 11.8 Å². The van der Waals surface area contributed by atoms with Gasteiger partial charge in [0.2, 0.25) is 10.0 Å². The van der Waals surface area contributed by atoms with Crippen LogP contribution >= 0.6 is 11.8 Å². The van der Waals surface area contributed by atoms with Crippen LogP contribution in [-0.4, -0.2) is 25.8 Å². The van der Waals surface area contributed by atoms with Crippen molar-refractivity contribution in [3.8, 4) is 0 Å². The maximum atomic E-state index is 11.8. The van der Waals surface area contributed by atoms with Crippen LogP contribution in [0.25, 0.3) is 0 Å². The second-order valence-corrected chi connectivity index (χ2v) is 7.23. The van der Waals surface area contributed by atoms with Gasteiger partial charge < -0.3 is 0 Å². The Balaban J connectivity index is 3.01. The molecule has 1 aromatic carbocycles. The van der Waals surface area contributed by atoms with Crippen molar-refractivity contribution in [1.82, 2.24) is 4.72 Å². The van der Waals surface area contributed by atoms with Crippen molar-refractivity contribution in [3.63, 3.8) is 0 Å². The molecule has 1 aromatic rings. The number of sulfonamides is 1. The molecule has 0 saturated heterocycles. The predicted molar refractivity (Wildman–Crippen MR) is 69.7 cm³/mol. The molecule has 0 aromatic heterocycles. The van der Waals surface area contributed by atoms with Crippen LogP contribution in [0.5, 0.6) is 0 Å². The van der Waals surface area contributed by atoms with Crippen LogP contribution < -0.4 is 4.72 Å². The van der Waals surface area contributed by atoms with Gasteiger partial charge >= 0.3 is 0 Å². The molecular formula is C11H15NO3S2. The van der Waals surface area contributed by atoms with E-state index < -0.39 is 15.9 Å². The first-order chi connectivity index (χ1) is 7.79. The Labute approximate surface area is 106 Å². The minimum absolute atomic E-state index is 0.321. The van der Waals surface area contributed by atoms with Crippen LogP contribution in [-0.2, 0) is 10.0 Å². The van der Waals surface area contributed by atoms with Gasteiger partial charge in [0.25, 0.3) is 5.91 Å². The lowest BCUT2D eigenvalue weighted by Gasteiger charge is -2.10. The van der Waals surface area contributed by atoms with Crippen LogP contribution in [0.15, 0.2) is 29.2 Å². The summed E-state index contributed by atoms with van der Waals surface area (Å²) in [6.45, 7) is 4.02. The summed E-state index contributed by atoms with van der Waals surface area (Å²) in [7, 11) is -3.53. The van der Waals surface area contributed by atoms with Gasteiger partial charge in [0.15, 0.2) is 0 Å². The molecule has 17 heavy (non-hydrogen) atoms. The molecule has 4 nitrogen and oxygen atoms in total. The van der Waals surface area contributed by atoms with Gasteiger partial charge in [-0.1, -0.05) is 26.0 Å². The van der Waals surface area contributed by atoms with E-state index in [1.807, 2.05) is 30.7 Å². The van der Waals surface area contributed by atoms with E-state index in [0.717, 1.165) is 11.2 Å². The molecule has 1 amide bonds. The maximum Gasteiger partial charge on any atom is 0.265 e. The summed E-state index contributed by atoms with van der Waals surface area (Å²) in [5.74, 6) is -0.587. The lowest BCUT2D eigenvalue weighted by Crippen LogP contribution is -2.29. The van der Waals surface area contributed by atoms with Crippen LogP contribution in [0.4, 0.5) is 0 Å². The van der Waals surface area contributed by atoms with Crippen molar-refractivity contribution in [3.05, 3.63) is 29.8 Å². The first-order valence-electron chi connectivity index (χ1n) is 5.07. The SMILES string of the molecule is CC(C)Sc1ccccc1C(=O)NS(C)(=O)=O. The van der Waals surface area contributed by atoms with Crippen LogP contribution in [0.3, 0.4) is 0 Å². The molecule has 0 unspecified atom stereocenters. The highest BCUT2D eigenvalue weighted by molar-refractivity contribution is 8.00. The fourth-order valence-electron chi connectivity index (χ4n) is 1.23. The number of nitrogens with one attached hydrogen (secondary N) is 1. The third-order valence-corrected chi connectivity index (χ3v) is 3.41. The second kappa shape index (κ2) is 5.55. The van der Waals surface area contributed by atoms with E-state index in [9.17, 15) is 13.2 Å². The summed E-state index contributed by atoms with van der Waals surface area (Å²) in [4.78, 5) is 12.5. The molecule has 0 saturated carbocycles. The lowest BCUT2D eigenvalue weighted by atomic mass is 10.2. The van der Waals surface area contributed by atoms with E-state index >= 15 is 0 Å². The van der Waals surface area contributed by atoms with Gasteiger partial charge in [0.1, 0.15) is 0 Å².